The second-order valence-corrected chi connectivity index (χ2v) is 7.25. The number of aromatic nitrogens is 2. The molecule has 1 unspecified atom stereocenters. The Hall–Kier alpha value is -1.66. The van der Waals surface area contributed by atoms with Gasteiger partial charge in [0.1, 0.15) is 0 Å². The van der Waals surface area contributed by atoms with Gasteiger partial charge in [-0.1, -0.05) is 18.9 Å². The molecule has 3 heterocycles. The maximum absolute atomic E-state index is 12.6. The van der Waals surface area contributed by atoms with Crippen LogP contribution in [0.3, 0.4) is 0 Å². The van der Waals surface area contributed by atoms with Gasteiger partial charge in [0.05, 0.1) is 30.1 Å². The molecule has 116 valence electrons. The van der Waals surface area contributed by atoms with Gasteiger partial charge in [-0.15, -0.1) is 11.3 Å². The molecule has 2 aromatic rings. The third-order valence-corrected chi connectivity index (χ3v) is 5.70. The van der Waals surface area contributed by atoms with E-state index >= 15 is 0 Å². The van der Waals surface area contributed by atoms with Crippen molar-refractivity contribution in [3.63, 3.8) is 0 Å². The molecule has 6 heteroatoms. The molecular weight excluding hydrogens is 296 g/mol. The fourth-order valence-corrected chi connectivity index (χ4v) is 4.42. The first kappa shape index (κ1) is 14.0. The van der Waals surface area contributed by atoms with E-state index in [0.29, 0.717) is 13.0 Å². The molecule has 0 saturated heterocycles. The van der Waals surface area contributed by atoms with E-state index in [1.807, 2.05) is 17.5 Å². The lowest BCUT2D eigenvalue weighted by atomic mass is 9.85. The van der Waals surface area contributed by atoms with Crippen LogP contribution in [0.15, 0.2) is 23.8 Å². The topological polar surface area (TPSA) is 69.8 Å². The zero-order valence-corrected chi connectivity index (χ0v) is 13.2. The number of nitrogens with zero attached hydrogens (tertiary/aromatic N) is 1. The lowest BCUT2D eigenvalue weighted by molar-refractivity contribution is -0.124. The molecule has 0 bridgehead atoms. The Morgan fingerprint density at radius 3 is 3.09 bits per heavy atom. The van der Waals surface area contributed by atoms with E-state index in [1.54, 1.807) is 17.7 Å². The maximum Gasteiger partial charge on any atom is 0.237 e. The predicted molar refractivity (Wildman–Crippen MR) is 85.5 cm³/mol. The van der Waals surface area contributed by atoms with Crippen molar-refractivity contribution >= 4 is 17.2 Å². The van der Waals surface area contributed by atoms with Crippen molar-refractivity contribution in [2.75, 3.05) is 0 Å². The molecule has 1 aliphatic carbocycles. The zero-order valence-electron chi connectivity index (χ0n) is 12.4. The lowest BCUT2D eigenvalue weighted by Crippen LogP contribution is -2.57. The highest BCUT2D eigenvalue weighted by molar-refractivity contribution is 7.09. The molecule has 1 spiro atoms. The number of imidazole rings is 1. The summed E-state index contributed by atoms with van der Waals surface area (Å²) in [6.07, 6.45) is 6.98. The third-order valence-electron chi connectivity index (χ3n) is 4.82. The molecule has 2 aromatic heterocycles. The number of H-pyrrole nitrogens is 1. The Labute approximate surface area is 133 Å². The number of fused-ring (bicyclic) bond motifs is 2. The standard InChI is InChI=1S/C16H20N4OS/c21-15(17-9-11-4-3-7-22-11)13-8-12-14(19-10-18-12)16(20-13)5-1-2-6-16/h3-4,7,10,13,20H,1-2,5-6,8-9H2,(H,17,21)(H,18,19). The van der Waals surface area contributed by atoms with Gasteiger partial charge in [0.15, 0.2) is 0 Å². The van der Waals surface area contributed by atoms with Crippen LogP contribution in [0.2, 0.25) is 0 Å². The first-order valence-electron chi connectivity index (χ1n) is 7.87. The van der Waals surface area contributed by atoms with E-state index in [0.717, 1.165) is 24.2 Å². The fourth-order valence-electron chi connectivity index (χ4n) is 3.77. The number of carbonyl (C=O) groups excluding carboxylic acids is 1. The highest BCUT2D eigenvalue weighted by Gasteiger charge is 2.45. The molecule has 1 fully saturated rings. The predicted octanol–water partition coefficient (Wildman–Crippen LogP) is 2.07. The Bertz CT molecular complexity index is 658. The van der Waals surface area contributed by atoms with Gasteiger partial charge >= 0.3 is 0 Å². The maximum atomic E-state index is 12.6. The largest absolute Gasteiger partial charge is 0.350 e. The first-order chi connectivity index (χ1) is 10.8. The third kappa shape index (κ3) is 2.36. The summed E-state index contributed by atoms with van der Waals surface area (Å²) in [5.41, 5.74) is 2.16. The Morgan fingerprint density at radius 2 is 2.32 bits per heavy atom. The Kier molecular flexibility index (Phi) is 3.50. The summed E-state index contributed by atoms with van der Waals surface area (Å²) in [7, 11) is 0. The summed E-state index contributed by atoms with van der Waals surface area (Å²) < 4.78 is 0. The summed E-state index contributed by atoms with van der Waals surface area (Å²) in [6, 6.07) is 3.88. The quantitative estimate of drug-likeness (QED) is 0.812. The van der Waals surface area contributed by atoms with Crippen LogP contribution in [0.4, 0.5) is 0 Å². The van der Waals surface area contributed by atoms with Crippen LogP contribution in [-0.2, 0) is 23.3 Å². The number of carbonyl (C=O) groups is 1. The summed E-state index contributed by atoms with van der Waals surface area (Å²) >= 11 is 1.67. The van der Waals surface area contributed by atoms with Crippen LogP contribution in [0.1, 0.15) is 41.9 Å². The van der Waals surface area contributed by atoms with Gasteiger partial charge in [-0.25, -0.2) is 4.98 Å². The van der Waals surface area contributed by atoms with Crippen LogP contribution in [-0.4, -0.2) is 21.9 Å². The SMILES string of the molecule is O=C(NCc1cccs1)C1Cc2[nH]cnc2C2(CCCC2)N1. The van der Waals surface area contributed by atoms with Crippen molar-refractivity contribution in [3.8, 4) is 0 Å². The number of thiophene rings is 1. The Balaban J connectivity index is 1.50. The molecule has 1 amide bonds. The van der Waals surface area contributed by atoms with E-state index in [2.05, 4.69) is 20.6 Å². The number of amides is 1. The number of aromatic amines is 1. The van der Waals surface area contributed by atoms with Crippen LogP contribution >= 0.6 is 11.3 Å². The Morgan fingerprint density at radius 1 is 1.45 bits per heavy atom. The van der Waals surface area contributed by atoms with E-state index < -0.39 is 0 Å². The van der Waals surface area contributed by atoms with Gasteiger partial charge in [0.25, 0.3) is 0 Å². The van der Waals surface area contributed by atoms with Crippen molar-refractivity contribution in [3.05, 3.63) is 40.1 Å². The average Bonchev–Trinajstić information content (AvgIpc) is 3.26. The first-order valence-corrected chi connectivity index (χ1v) is 8.75. The van der Waals surface area contributed by atoms with Crippen molar-refractivity contribution < 1.29 is 4.79 Å². The molecule has 1 saturated carbocycles. The zero-order chi connectivity index (χ0) is 15.0. The molecule has 2 aliphatic rings. The highest BCUT2D eigenvalue weighted by Crippen LogP contribution is 2.41. The normalized spacial score (nSPS) is 22.6. The molecule has 1 atom stereocenters. The summed E-state index contributed by atoms with van der Waals surface area (Å²) in [5, 5.41) is 8.70. The van der Waals surface area contributed by atoms with Gasteiger partial charge in [-0.05, 0) is 24.3 Å². The van der Waals surface area contributed by atoms with E-state index in [1.165, 1.54) is 17.7 Å². The molecule has 1 aliphatic heterocycles. The van der Waals surface area contributed by atoms with E-state index in [4.69, 9.17) is 0 Å². The molecular formula is C16H20N4OS. The molecule has 5 nitrogen and oxygen atoms in total. The van der Waals surface area contributed by atoms with Gasteiger partial charge < -0.3 is 10.3 Å². The second-order valence-electron chi connectivity index (χ2n) is 6.22. The average molecular weight is 316 g/mol. The number of hydrogen-bond donors (Lipinski definition) is 3. The monoisotopic (exact) mass is 316 g/mol. The van der Waals surface area contributed by atoms with Gasteiger partial charge in [-0.2, -0.15) is 0 Å². The molecule has 0 aromatic carbocycles. The van der Waals surface area contributed by atoms with Crippen LogP contribution in [0.25, 0.3) is 0 Å². The molecule has 0 radical (unpaired) electrons. The molecule has 22 heavy (non-hydrogen) atoms. The van der Waals surface area contributed by atoms with Gasteiger partial charge in [0, 0.05) is 17.0 Å². The fraction of sp³-hybridized carbons (Fsp3) is 0.500. The molecule has 4 rings (SSSR count). The minimum absolute atomic E-state index is 0.0833. The van der Waals surface area contributed by atoms with Crippen molar-refractivity contribution in [2.24, 2.45) is 0 Å². The van der Waals surface area contributed by atoms with Gasteiger partial charge in [-0.3, -0.25) is 10.1 Å². The van der Waals surface area contributed by atoms with E-state index in [9.17, 15) is 4.79 Å². The number of nitrogens with one attached hydrogen (secondary N) is 3. The smallest absolute Gasteiger partial charge is 0.237 e. The van der Waals surface area contributed by atoms with Gasteiger partial charge in [0.2, 0.25) is 5.91 Å². The van der Waals surface area contributed by atoms with Crippen molar-refractivity contribution in [1.82, 2.24) is 20.6 Å². The molecule has 3 N–H and O–H groups in total. The minimum atomic E-state index is -0.175. The van der Waals surface area contributed by atoms with E-state index in [-0.39, 0.29) is 17.5 Å². The number of rotatable bonds is 3. The van der Waals surface area contributed by atoms with Crippen LogP contribution in [0.5, 0.6) is 0 Å². The van der Waals surface area contributed by atoms with Crippen molar-refractivity contribution in [1.29, 1.82) is 0 Å². The lowest BCUT2D eigenvalue weighted by Gasteiger charge is -2.38. The highest BCUT2D eigenvalue weighted by atomic mass is 32.1. The summed E-state index contributed by atoms with van der Waals surface area (Å²) in [5.74, 6) is 0.0833. The minimum Gasteiger partial charge on any atom is -0.350 e. The summed E-state index contributed by atoms with van der Waals surface area (Å²) in [6.45, 7) is 0.609. The summed E-state index contributed by atoms with van der Waals surface area (Å²) in [4.78, 5) is 21.5. The second kappa shape index (κ2) is 5.52. The van der Waals surface area contributed by atoms with Crippen molar-refractivity contribution in [2.45, 2.75) is 50.2 Å². The van der Waals surface area contributed by atoms with Crippen LogP contribution in [0, 0.1) is 0 Å². The van der Waals surface area contributed by atoms with Crippen LogP contribution < -0.4 is 10.6 Å². The number of hydrogen-bond acceptors (Lipinski definition) is 4.